The van der Waals surface area contributed by atoms with Crippen molar-refractivity contribution in [3.8, 4) is 0 Å². The monoisotopic (exact) mass is 310 g/mol. The van der Waals surface area contributed by atoms with Gasteiger partial charge in [0.15, 0.2) is 0 Å². The largest absolute Gasteiger partial charge is 0.314 e. The van der Waals surface area contributed by atoms with Crippen molar-refractivity contribution in [3.63, 3.8) is 0 Å². The van der Waals surface area contributed by atoms with E-state index in [1.54, 1.807) is 0 Å². The summed E-state index contributed by atoms with van der Waals surface area (Å²) >= 11 is 3.49. The molecule has 18 heavy (non-hydrogen) atoms. The van der Waals surface area contributed by atoms with Crippen molar-refractivity contribution in [2.75, 3.05) is 19.6 Å². The molecule has 1 aromatic rings. The summed E-state index contributed by atoms with van der Waals surface area (Å²) in [5.41, 5.74) is 1.57. The van der Waals surface area contributed by atoms with Crippen LogP contribution in [0.15, 0.2) is 28.7 Å². The van der Waals surface area contributed by atoms with Crippen LogP contribution in [0.4, 0.5) is 0 Å². The topological polar surface area (TPSA) is 24.1 Å². The first kappa shape index (κ1) is 14.0. The molecule has 1 saturated heterocycles. The van der Waals surface area contributed by atoms with E-state index in [2.05, 4.69) is 64.7 Å². The molecular weight excluding hydrogens is 288 g/mol. The van der Waals surface area contributed by atoms with Crippen LogP contribution in [0.2, 0.25) is 0 Å². The molecule has 2 nitrogen and oxygen atoms in total. The summed E-state index contributed by atoms with van der Waals surface area (Å²) in [5.74, 6) is 0. The Morgan fingerprint density at radius 1 is 1.33 bits per heavy atom. The van der Waals surface area contributed by atoms with Gasteiger partial charge in [0, 0.05) is 29.0 Å². The van der Waals surface area contributed by atoms with Crippen molar-refractivity contribution in [2.45, 2.75) is 38.1 Å². The highest BCUT2D eigenvalue weighted by Crippen LogP contribution is 2.24. The molecule has 2 rings (SSSR count). The molecule has 0 spiro atoms. The van der Waals surface area contributed by atoms with Crippen LogP contribution >= 0.6 is 15.9 Å². The Hall–Kier alpha value is -0.380. The Morgan fingerprint density at radius 2 is 2.06 bits per heavy atom. The van der Waals surface area contributed by atoms with Crippen LogP contribution < -0.4 is 10.6 Å². The molecule has 1 aliphatic heterocycles. The van der Waals surface area contributed by atoms with E-state index in [1.807, 2.05) is 0 Å². The van der Waals surface area contributed by atoms with Crippen LogP contribution in [0.1, 0.15) is 32.3 Å². The Kier molecular flexibility index (Phi) is 4.82. The van der Waals surface area contributed by atoms with Crippen LogP contribution in [-0.2, 0) is 5.41 Å². The third-order valence-corrected chi connectivity index (χ3v) is 4.27. The van der Waals surface area contributed by atoms with Gasteiger partial charge in [-0.25, -0.2) is 0 Å². The van der Waals surface area contributed by atoms with Crippen molar-refractivity contribution in [1.29, 1.82) is 0 Å². The summed E-state index contributed by atoms with van der Waals surface area (Å²) in [5, 5.41) is 7.13. The molecule has 1 unspecified atom stereocenters. The maximum atomic E-state index is 3.61. The van der Waals surface area contributed by atoms with E-state index in [9.17, 15) is 0 Å². The second-order valence-electron chi connectivity index (χ2n) is 5.81. The van der Waals surface area contributed by atoms with Gasteiger partial charge in [-0.1, -0.05) is 41.9 Å². The normalized spacial score (nSPS) is 20.3. The van der Waals surface area contributed by atoms with Gasteiger partial charge >= 0.3 is 0 Å². The standard InChI is InChI=1S/C15H23BrN2/c1-15(2,12-5-7-13(16)8-6-12)11-17-10-14-4-3-9-18-14/h5-8,14,17-18H,3-4,9-11H2,1-2H3. The zero-order valence-electron chi connectivity index (χ0n) is 11.3. The van der Waals surface area contributed by atoms with E-state index in [-0.39, 0.29) is 5.41 Å². The van der Waals surface area contributed by atoms with Gasteiger partial charge in [0.2, 0.25) is 0 Å². The van der Waals surface area contributed by atoms with E-state index in [0.29, 0.717) is 6.04 Å². The lowest BCUT2D eigenvalue weighted by Gasteiger charge is -2.26. The molecule has 0 saturated carbocycles. The molecule has 1 atom stereocenters. The summed E-state index contributed by atoms with van der Waals surface area (Å²) in [4.78, 5) is 0. The van der Waals surface area contributed by atoms with Gasteiger partial charge in [-0.3, -0.25) is 0 Å². The van der Waals surface area contributed by atoms with E-state index in [1.165, 1.54) is 24.9 Å². The van der Waals surface area contributed by atoms with E-state index >= 15 is 0 Å². The zero-order chi connectivity index (χ0) is 13.0. The summed E-state index contributed by atoms with van der Waals surface area (Å²) in [6.45, 7) is 7.88. The number of benzene rings is 1. The average Bonchev–Trinajstić information content (AvgIpc) is 2.82. The quantitative estimate of drug-likeness (QED) is 0.873. The molecule has 0 aromatic heterocycles. The zero-order valence-corrected chi connectivity index (χ0v) is 12.9. The van der Waals surface area contributed by atoms with Crippen LogP contribution in [-0.4, -0.2) is 25.7 Å². The fourth-order valence-electron chi connectivity index (χ4n) is 2.49. The Morgan fingerprint density at radius 3 is 2.67 bits per heavy atom. The first-order valence-corrected chi connectivity index (χ1v) is 7.57. The summed E-state index contributed by atoms with van der Waals surface area (Å²) in [6, 6.07) is 9.33. The molecule has 1 aliphatic rings. The second-order valence-corrected chi connectivity index (χ2v) is 6.73. The van der Waals surface area contributed by atoms with E-state index in [0.717, 1.165) is 17.6 Å². The van der Waals surface area contributed by atoms with Crippen molar-refractivity contribution >= 4 is 15.9 Å². The lowest BCUT2D eigenvalue weighted by molar-refractivity contribution is 0.442. The lowest BCUT2D eigenvalue weighted by Crippen LogP contribution is -2.40. The minimum Gasteiger partial charge on any atom is -0.314 e. The molecule has 2 N–H and O–H groups in total. The van der Waals surface area contributed by atoms with Crippen LogP contribution in [0.5, 0.6) is 0 Å². The smallest absolute Gasteiger partial charge is 0.0192 e. The third-order valence-electron chi connectivity index (χ3n) is 3.75. The first-order valence-electron chi connectivity index (χ1n) is 6.78. The molecule has 1 fully saturated rings. The van der Waals surface area contributed by atoms with Crippen LogP contribution in [0.3, 0.4) is 0 Å². The highest BCUT2D eigenvalue weighted by Gasteiger charge is 2.21. The highest BCUT2D eigenvalue weighted by atomic mass is 79.9. The molecule has 0 amide bonds. The number of rotatable bonds is 5. The summed E-state index contributed by atoms with van der Waals surface area (Å²) in [6.07, 6.45) is 2.63. The van der Waals surface area contributed by atoms with Crippen LogP contribution in [0.25, 0.3) is 0 Å². The molecule has 0 bridgehead atoms. The predicted octanol–water partition coefficient (Wildman–Crippen LogP) is 3.07. The Labute approximate surface area is 119 Å². The number of hydrogen-bond donors (Lipinski definition) is 2. The summed E-state index contributed by atoms with van der Waals surface area (Å²) < 4.78 is 1.14. The van der Waals surface area contributed by atoms with Gasteiger partial charge in [-0.2, -0.15) is 0 Å². The van der Waals surface area contributed by atoms with Gasteiger partial charge in [-0.05, 0) is 37.1 Å². The SMILES string of the molecule is CC(C)(CNCC1CCCN1)c1ccc(Br)cc1. The third kappa shape index (κ3) is 3.81. The van der Waals surface area contributed by atoms with Gasteiger partial charge in [0.25, 0.3) is 0 Å². The minimum absolute atomic E-state index is 0.180. The number of nitrogens with one attached hydrogen (secondary N) is 2. The molecule has 100 valence electrons. The number of hydrogen-bond acceptors (Lipinski definition) is 2. The van der Waals surface area contributed by atoms with Gasteiger partial charge < -0.3 is 10.6 Å². The maximum absolute atomic E-state index is 3.61. The first-order chi connectivity index (χ1) is 8.58. The van der Waals surface area contributed by atoms with Gasteiger partial charge in [0.1, 0.15) is 0 Å². The molecule has 1 heterocycles. The number of halogens is 1. The second kappa shape index (κ2) is 6.18. The van der Waals surface area contributed by atoms with Gasteiger partial charge in [0.05, 0.1) is 0 Å². The van der Waals surface area contributed by atoms with Gasteiger partial charge in [-0.15, -0.1) is 0 Å². The molecular formula is C15H23BrN2. The fourth-order valence-corrected chi connectivity index (χ4v) is 2.76. The van der Waals surface area contributed by atoms with Crippen molar-refractivity contribution in [1.82, 2.24) is 10.6 Å². The lowest BCUT2D eigenvalue weighted by atomic mass is 9.84. The Bertz CT molecular complexity index is 367. The molecule has 0 radical (unpaired) electrons. The maximum Gasteiger partial charge on any atom is 0.0192 e. The minimum atomic E-state index is 0.180. The Balaban J connectivity index is 1.84. The fraction of sp³-hybridized carbons (Fsp3) is 0.600. The van der Waals surface area contributed by atoms with Crippen molar-refractivity contribution in [2.24, 2.45) is 0 Å². The summed E-state index contributed by atoms with van der Waals surface area (Å²) in [7, 11) is 0. The van der Waals surface area contributed by atoms with Crippen molar-refractivity contribution < 1.29 is 0 Å². The molecule has 3 heteroatoms. The molecule has 0 aliphatic carbocycles. The van der Waals surface area contributed by atoms with E-state index < -0.39 is 0 Å². The van der Waals surface area contributed by atoms with Crippen LogP contribution in [0, 0.1) is 0 Å². The molecule has 1 aromatic carbocycles. The van der Waals surface area contributed by atoms with E-state index in [4.69, 9.17) is 0 Å². The predicted molar refractivity (Wildman–Crippen MR) is 81.1 cm³/mol. The highest BCUT2D eigenvalue weighted by molar-refractivity contribution is 9.10. The average molecular weight is 311 g/mol. The van der Waals surface area contributed by atoms with Crippen molar-refractivity contribution in [3.05, 3.63) is 34.3 Å².